The van der Waals surface area contributed by atoms with Gasteiger partial charge in [-0.2, -0.15) is 0 Å². The molecule has 0 atom stereocenters. The van der Waals surface area contributed by atoms with Gasteiger partial charge in [0.1, 0.15) is 11.3 Å². The molecule has 7 nitrogen and oxygen atoms in total. The molecular weight excluding hydrogens is 410 g/mol. The van der Waals surface area contributed by atoms with Crippen LogP contribution in [0, 0.1) is 6.92 Å². The highest BCUT2D eigenvalue weighted by atomic mass is 16.4. The van der Waals surface area contributed by atoms with Crippen molar-refractivity contribution >= 4 is 22.8 Å². The van der Waals surface area contributed by atoms with E-state index in [1.165, 1.54) is 12.1 Å². The second kappa shape index (κ2) is 8.49. The van der Waals surface area contributed by atoms with Gasteiger partial charge < -0.3 is 24.3 Å². The Hall–Kier alpha value is -3.61. The quantitative estimate of drug-likeness (QED) is 0.616. The lowest BCUT2D eigenvalue weighted by Crippen LogP contribution is -2.53. The van der Waals surface area contributed by atoms with Crippen molar-refractivity contribution in [2.24, 2.45) is 0 Å². The van der Waals surface area contributed by atoms with E-state index in [1.54, 1.807) is 42.2 Å². The van der Waals surface area contributed by atoms with Crippen LogP contribution < -0.4 is 10.7 Å². The van der Waals surface area contributed by atoms with Gasteiger partial charge in [0.25, 0.3) is 0 Å². The maximum atomic E-state index is 12.8. The number of amides is 1. The molecule has 1 aromatic heterocycles. The zero-order valence-electron chi connectivity index (χ0n) is 17.8. The van der Waals surface area contributed by atoms with Crippen molar-refractivity contribution in [1.82, 2.24) is 4.90 Å². The molecule has 0 bridgehead atoms. The molecule has 1 N–H and O–H groups in total. The molecule has 2 aromatic carbocycles. The number of carbonyl (C=O) groups excluding carboxylic acids is 2. The molecule has 1 fully saturated rings. The van der Waals surface area contributed by atoms with E-state index in [0.717, 1.165) is 5.56 Å². The van der Waals surface area contributed by atoms with E-state index in [1.807, 2.05) is 6.07 Å². The molecule has 0 aliphatic carbocycles. The first-order valence-corrected chi connectivity index (χ1v) is 10.6. The summed E-state index contributed by atoms with van der Waals surface area (Å²) >= 11 is 0. The van der Waals surface area contributed by atoms with Crippen LogP contribution in [-0.2, 0) is 21.4 Å². The predicted octanol–water partition coefficient (Wildman–Crippen LogP) is 2.05. The predicted molar refractivity (Wildman–Crippen MR) is 116 cm³/mol. The summed E-state index contributed by atoms with van der Waals surface area (Å²) in [5.74, 6) is -1.24. The minimum absolute atomic E-state index is 0.0104. The van der Waals surface area contributed by atoms with E-state index in [9.17, 15) is 24.6 Å². The lowest BCUT2D eigenvalue weighted by Gasteiger charge is -2.43. The van der Waals surface area contributed by atoms with Crippen molar-refractivity contribution < 1.29 is 24.2 Å². The van der Waals surface area contributed by atoms with Crippen LogP contribution in [0.15, 0.2) is 57.7 Å². The first kappa shape index (κ1) is 21.6. The van der Waals surface area contributed by atoms with Gasteiger partial charge in [0.2, 0.25) is 5.91 Å². The Morgan fingerprint density at radius 3 is 2.47 bits per heavy atom. The fraction of sp³-hybridized carbons (Fsp3) is 0.320. The number of phenolic OH excluding ortho intramolecular Hbond substituents is 1. The number of carboxylic acid groups (broad SMARTS) is 1. The number of hydrogen-bond acceptors (Lipinski definition) is 6. The van der Waals surface area contributed by atoms with Crippen molar-refractivity contribution in [3.8, 4) is 5.75 Å². The van der Waals surface area contributed by atoms with Crippen LogP contribution >= 0.6 is 0 Å². The second-order valence-corrected chi connectivity index (χ2v) is 8.29. The van der Waals surface area contributed by atoms with E-state index in [2.05, 4.69) is 0 Å². The lowest BCUT2D eigenvalue weighted by atomic mass is 9.73. The van der Waals surface area contributed by atoms with E-state index in [-0.39, 0.29) is 37.3 Å². The molecule has 0 spiro atoms. The molecule has 32 heavy (non-hydrogen) atoms. The van der Waals surface area contributed by atoms with Crippen LogP contribution in [0.25, 0.3) is 11.0 Å². The fourth-order valence-electron chi connectivity index (χ4n) is 4.57. The largest absolute Gasteiger partial charge is 0.549 e. The van der Waals surface area contributed by atoms with Crippen molar-refractivity contribution in [3.63, 3.8) is 0 Å². The first-order valence-electron chi connectivity index (χ1n) is 10.6. The number of aliphatic carboxylic acids is 1. The molecule has 1 amide bonds. The van der Waals surface area contributed by atoms with Crippen molar-refractivity contribution in [3.05, 3.63) is 75.6 Å². The standard InChI is InChI=1S/C25H25NO6/c1-16-19-8-7-18(27)15-21(19)32-23(29)20(16)9-10-22(28)26-13-11-25(12-14-26,24(30)31)17-5-3-2-4-6-17/h2-8,15,27H,9-14H2,1H3,(H,30,31)/p-1. The van der Waals surface area contributed by atoms with Crippen LogP contribution in [0.2, 0.25) is 0 Å². The van der Waals surface area contributed by atoms with E-state index in [0.29, 0.717) is 35.2 Å². The summed E-state index contributed by atoms with van der Waals surface area (Å²) < 4.78 is 5.32. The molecule has 7 heteroatoms. The molecule has 0 saturated carbocycles. The van der Waals surface area contributed by atoms with E-state index >= 15 is 0 Å². The fourth-order valence-corrected chi connectivity index (χ4v) is 4.57. The monoisotopic (exact) mass is 434 g/mol. The Morgan fingerprint density at radius 1 is 1.12 bits per heavy atom. The number of benzene rings is 2. The molecule has 4 rings (SSSR count). The van der Waals surface area contributed by atoms with Gasteiger partial charge in [0.15, 0.2) is 0 Å². The highest BCUT2D eigenvalue weighted by Gasteiger charge is 2.38. The Kier molecular flexibility index (Phi) is 5.74. The number of likely N-dealkylation sites (tertiary alicyclic amines) is 1. The minimum Gasteiger partial charge on any atom is -0.549 e. The maximum Gasteiger partial charge on any atom is 0.339 e. The molecule has 1 saturated heterocycles. The van der Waals surface area contributed by atoms with Crippen LogP contribution in [0.5, 0.6) is 5.75 Å². The Balaban J connectivity index is 1.46. The van der Waals surface area contributed by atoms with Crippen LogP contribution in [0.4, 0.5) is 0 Å². The Labute approximate surface area is 184 Å². The topological polar surface area (TPSA) is 111 Å². The Morgan fingerprint density at radius 2 is 1.81 bits per heavy atom. The maximum absolute atomic E-state index is 12.8. The summed E-state index contributed by atoms with van der Waals surface area (Å²) in [6, 6.07) is 13.6. The summed E-state index contributed by atoms with van der Waals surface area (Å²) in [6.07, 6.45) is 0.918. The summed E-state index contributed by atoms with van der Waals surface area (Å²) in [5.41, 5.74) is 0.539. The molecule has 3 aromatic rings. The Bertz CT molecular complexity index is 1220. The zero-order valence-corrected chi connectivity index (χ0v) is 17.8. The third-order valence-corrected chi connectivity index (χ3v) is 6.55. The number of fused-ring (bicyclic) bond motifs is 1. The van der Waals surface area contributed by atoms with Gasteiger partial charge in [-0.3, -0.25) is 4.79 Å². The third-order valence-electron chi connectivity index (χ3n) is 6.55. The molecule has 2 heterocycles. The molecule has 0 unspecified atom stereocenters. The van der Waals surface area contributed by atoms with E-state index in [4.69, 9.17) is 4.42 Å². The highest BCUT2D eigenvalue weighted by Crippen LogP contribution is 2.35. The van der Waals surface area contributed by atoms with Gasteiger partial charge in [-0.15, -0.1) is 0 Å². The molecule has 166 valence electrons. The number of carbonyl (C=O) groups is 2. The third kappa shape index (κ3) is 3.86. The van der Waals surface area contributed by atoms with Gasteiger partial charge in [-0.05, 0) is 49.4 Å². The van der Waals surface area contributed by atoms with Gasteiger partial charge in [-0.1, -0.05) is 30.3 Å². The molecule has 0 radical (unpaired) electrons. The SMILES string of the molecule is Cc1c(CCC(=O)N2CCC(C(=O)[O-])(c3ccccc3)CC2)c(=O)oc2cc(O)ccc12. The van der Waals surface area contributed by atoms with Crippen molar-refractivity contribution in [1.29, 1.82) is 0 Å². The minimum atomic E-state index is -1.12. The van der Waals surface area contributed by atoms with Gasteiger partial charge in [0.05, 0.1) is 5.97 Å². The number of aryl methyl sites for hydroxylation is 1. The number of nitrogens with zero attached hydrogens (tertiary/aromatic N) is 1. The van der Waals surface area contributed by atoms with E-state index < -0.39 is 17.0 Å². The summed E-state index contributed by atoms with van der Waals surface area (Å²) in [7, 11) is 0. The van der Waals surface area contributed by atoms with Gasteiger partial charge in [0, 0.05) is 41.9 Å². The normalized spacial score (nSPS) is 15.6. The molecular formula is C25H24NO6-. The highest BCUT2D eigenvalue weighted by molar-refractivity contribution is 5.83. The summed E-state index contributed by atoms with van der Waals surface area (Å²) in [6.45, 7) is 2.42. The summed E-state index contributed by atoms with van der Waals surface area (Å²) in [5, 5.41) is 22.3. The summed E-state index contributed by atoms with van der Waals surface area (Å²) in [4.78, 5) is 38.9. The second-order valence-electron chi connectivity index (χ2n) is 8.29. The first-order chi connectivity index (χ1) is 15.3. The molecule has 1 aliphatic rings. The van der Waals surface area contributed by atoms with Crippen LogP contribution in [0.3, 0.4) is 0 Å². The average Bonchev–Trinajstić information content (AvgIpc) is 2.79. The number of hydrogen-bond donors (Lipinski definition) is 1. The number of aromatic hydroxyl groups is 1. The van der Waals surface area contributed by atoms with Gasteiger partial charge >= 0.3 is 5.63 Å². The van der Waals surface area contributed by atoms with Crippen molar-refractivity contribution in [2.45, 2.75) is 38.0 Å². The van der Waals surface area contributed by atoms with Gasteiger partial charge in [-0.25, -0.2) is 4.79 Å². The van der Waals surface area contributed by atoms with Crippen LogP contribution in [-0.4, -0.2) is 35.0 Å². The van der Waals surface area contributed by atoms with Crippen LogP contribution in [0.1, 0.15) is 36.0 Å². The number of carboxylic acids is 1. The lowest BCUT2D eigenvalue weighted by molar-refractivity contribution is -0.315. The zero-order chi connectivity index (χ0) is 22.9. The average molecular weight is 434 g/mol. The number of piperidine rings is 1. The molecule has 1 aliphatic heterocycles. The number of phenols is 1. The smallest absolute Gasteiger partial charge is 0.339 e. The van der Waals surface area contributed by atoms with Crippen molar-refractivity contribution in [2.75, 3.05) is 13.1 Å². The number of rotatable bonds is 5.